The van der Waals surface area contributed by atoms with Gasteiger partial charge in [-0.15, -0.1) is 0 Å². The second-order valence-corrected chi connectivity index (χ2v) is 3.89. The fraction of sp³-hybridized carbons (Fsp3) is 0.143. The van der Waals surface area contributed by atoms with Crippen LogP contribution in [0.2, 0.25) is 0 Å². The molecule has 0 unspecified atom stereocenters. The first-order valence-electron chi connectivity index (χ1n) is 5.71. The smallest absolute Gasteiger partial charge is 0.366 e. The van der Waals surface area contributed by atoms with Crippen molar-refractivity contribution in [1.82, 2.24) is 0 Å². The van der Waals surface area contributed by atoms with Crippen LogP contribution in [0.5, 0.6) is 11.5 Å². The van der Waals surface area contributed by atoms with E-state index in [-0.39, 0.29) is 0 Å². The lowest BCUT2D eigenvalue weighted by molar-refractivity contribution is 0.415. The van der Waals surface area contributed by atoms with Crippen LogP contribution in [0.1, 0.15) is 0 Å². The molecule has 0 heterocycles. The minimum Gasteiger partial charge on any atom is -0.497 e. The lowest BCUT2D eigenvalue weighted by Gasteiger charge is -2.14. The van der Waals surface area contributed by atoms with Gasteiger partial charge in [-0.2, -0.15) is 0 Å². The van der Waals surface area contributed by atoms with Crippen molar-refractivity contribution in [2.45, 2.75) is 0 Å². The molecule has 0 aliphatic heterocycles. The summed E-state index contributed by atoms with van der Waals surface area (Å²) in [6, 6.07) is 14.8. The number of rotatable bonds is 4. The predicted molar refractivity (Wildman–Crippen MR) is 73.2 cm³/mol. The van der Waals surface area contributed by atoms with Crippen molar-refractivity contribution in [2.75, 3.05) is 14.2 Å². The summed E-state index contributed by atoms with van der Waals surface area (Å²) >= 11 is 0. The van der Waals surface area contributed by atoms with E-state index in [2.05, 4.69) is 0 Å². The van der Waals surface area contributed by atoms with E-state index in [1.165, 1.54) is 0 Å². The van der Waals surface area contributed by atoms with Crippen molar-refractivity contribution in [3.8, 4) is 11.5 Å². The number of hydrogen-bond acceptors (Lipinski definition) is 3. The molecule has 0 radical (unpaired) electrons. The number of methoxy groups -OCH3 is 2. The van der Waals surface area contributed by atoms with Crippen LogP contribution in [-0.4, -0.2) is 26.2 Å². The quantitative estimate of drug-likeness (QED) is 0.806. The summed E-state index contributed by atoms with van der Waals surface area (Å²) in [4.78, 5) is 0. The third-order valence-electron chi connectivity index (χ3n) is 2.87. The monoisotopic (exact) mass is 242 g/mol. The van der Waals surface area contributed by atoms with Crippen LogP contribution in [0.15, 0.2) is 48.5 Å². The zero-order chi connectivity index (χ0) is 13.0. The maximum atomic E-state index is 10.5. The summed E-state index contributed by atoms with van der Waals surface area (Å²) in [5, 5.41) is 10.5. The molecule has 4 heteroatoms. The Balaban J connectivity index is 2.44. The average Bonchev–Trinajstić information content (AvgIpc) is 2.46. The van der Waals surface area contributed by atoms with Crippen molar-refractivity contribution >= 4 is 17.8 Å². The normalized spacial score (nSPS) is 9.94. The molecule has 0 aromatic heterocycles. The standard InChI is InChI=1S/C14H15BO3/c1-17-13-9-5-3-7-11(13)15(16)12-8-4-6-10-14(12)18-2/h3-10,16H,1-2H3. The van der Waals surface area contributed by atoms with Gasteiger partial charge in [0.1, 0.15) is 11.5 Å². The largest absolute Gasteiger partial charge is 0.497 e. The third-order valence-corrected chi connectivity index (χ3v) is 2.87. The van der Waals surface area contributed by atoms with Crippen LogP contribution in [0.4, 0.5) is 0 Å². The Kier molecular flexibility index (Phi) is 3.90. The van der Waals surface area contributed by atoms with Gasteiger partial charge in [0.25, 0.3) is 0 Å². The average molecular weight is 242 g/mol. The van der Waals surface area contributed by atoms with Gasteiger partial charge in [-0.25, -0.2) is 0 Å². The van der Waals surface area contributed by atoms with Crippen molar-refractivity contribution in [2.24, 2.45) is 0 Å². The second-order valence-electron chi connectivity index (χ2n) is 3.89. The molecule has 18 heavy (non-hydrogen) atoms. The summed E-state index contributed by atoms with van der Waals surface area (Å²) in [5.41, 5.74) is 1.45. The molecular weight excluding hydrogens is 227 g/mol. The number of benzene rings is 2. The maximum Gasteiger partial charge on any atom is 0.366 e. The van der Waals surface area contributed by atoms with Crippen LogP contribution in [-0.2, 0) is 0 Å². The molecule has 0 saturated heterocycles. The van der Waals surface area contributed by atoms with Gasteiger partial charge >= 0.3 is 6.92 Å². The van der Waals surface area contributed by atoms with Gasteiger partial charge in [0.05, 0.1) is 14.2 Å². The summed E-state index contributed by atoms with van der Waals surface area (Å²) < 4.78 is 10.5. The van der Waals surface area contributed by atoms with Crippen LogP contribution >= 0.6 is 0 Å². The highest BCUT2D eigenvalue weighted by Crippen LogP contribution is 2.10. The van der Waals surface area contributed by atoms with E-state index < -0.39 is 6.92 Å². The molecule has 1 N–H and O–H groups in total. The van der Waals surface area contributed by atoms with E-state index in [4.69, 9.17) is 9.47 Å². The molecular formula is C14H15BO3. The van der Waals surface area contributed by atoms with Gasteiger partial charge in [-0.05, 0) is 23.1 Å². The van der Waals surface area contributed by atoms with E-state index in [9.17, 15) is 5.02 Å². The molecule has 2 aromatic rings. The van der Waals surface area contributed by atoms with Gasteiger partial charge in [0.2, 0.25) is 0 Å². The Hall–Kier alpha value is -1.94. The molecule has 0 saturated carbocycles. The summed E-state index contributed by atoms with van der Waals surface area (Å²) in [6.45, 7) is -0.766. The van der Waals surface area contributed by atoms with E-state index in [1.807, 2.05) is 48.5 Å². The Bertz CT molecular complexity index is 480. The first-order chi connectivity index (χ1) is 8.77. The Morgan fingerprint density at radius 1 is 0.778 bits per heavy atom. The molecule has 0 aliphatic carbocycles. The SMILES string of the molecule is COc1ccccc1B(O)c1ccccc1OC. The minimum atomic E-state index is -0.766. The molecule has 0 bridgehead atoms. The van der Waals surface area contributed by atoms with Crippen LogP contribution in [0.3, 0.4) is 0 Å². The van der Waals surface area contributed by atoms with E-state index in [1.54, 1.807) is 14.2 Å². The summed E-state index contributed by atoms with van der Waals surface area (Å²) in [6.07, 6.45) is 0. The molecule has 0 fully saturated rings. The van der Waals surface area contributed by atoms with Crippen molar-refractivity contribution in [3.63, 3.8) is 0 Å². The zero-order valence-corrected chi connectivity index (χ0v) is 10.5. The Labute approximate surface area is 107 Å². The summed E-state index contributed by atoms with van der Waals surface area (Å²) in [5.74, 6) is 1.33. The zero-order valence-electron chi connectivity index (χ0n) is 10.5. The minimum absolute atomic E-state index is 0.663. The van der Waals surface area contributed by atoms with Gasteiger partial charge in [-0.3, -0.25) is 0 Å². The Morgan fingerprint density at radius 3 is 1.56 bits per heavy atom. The molecule has 92 valence electrons. The van der Waals surface area contributed by atoms with Gasteiger partial charge < -0.3 is 14.5 Å². The molecule has 0 amide bonds. The highest BCUT2D eigenvalue weighted by atomic mass is 16.5. The molecule has 3 nitrogen and oxygen atoms in total. The van der Waals surface area contributed by atoms with Crippen LogP contribution in [0.25, 0.3) is 0 Å². The second kappa shape index (κ2) is 5.60. The van der Waals surface area contributed by atoms with Gasteiger partial charge in [0.15, 0.2) is 0 Å². The molecule has 2 aromatic carbocycles. The van der Waals surface area contributed by atoms with Gasteiger partial charge in [-0.1, -0.05) is 36.4 Å². The van der Waals surface area contributed by atoms with E-state index in [0.717, 1.165) is 10.9 Å². The van der Waals surface area contributed by atoms with Crippen LogP contribution < -0.4 is 20.4 Å². The predicted octanol–water partition coefficient (Wildman–Crippen LogP) is 0.802. The highest BCUT2D eigenvalue weighted by Gasteiger charge is 2.23. The van der Waals surface area contributed by atoms with Crippen molar-refractivity contribution in [3.05, 3.63) is 48.5 Å². The number of para-hydroxylation sites is 2. The third kappa shape index (κ3) is 2.34. The van der Waals surface area contributed by atoms with E-state index >= 15 is 0 Å². The molecule has 0 atom stereocenters. The molecule has 0 aliphatic rings. The first-order valence-corrected chi connectivity index (χ1v) is 5.71. The number of ether oxygens (including phenoxy) is 2. The fourth-order valence-corrected chi connectivity index (χ4v) is 1.95. The topological polar surface area (TPSA) is 38.7 Å². The van der Waals surface area contributed by atoms with Crippen molar-refractivity contribution < 1.29 is 14.5 Å². The summed E-state index contributed by atoms with van der Waals surface area (Å²) in [7, 11) is 3.18. The lowest BCUT2D eigenvalue weighted by atomic mass is 9.55. The first kappa shape index (κ1) is 12.5. The molecule has 2 rings (SSSR count). The van der Waals surface area contributed by atoms with Gasteiger partial charge in [0, 0.05) is 0 Å². The highest BCUT2D eigenvalue weighted by molar-refractivity contribution is 6.80. The number of hydrogen-bond donors (Lipinski definition) is 1. The molecule has 0 spiro atoms. The Morgan fingerprint density at radius 2 is 1.17 bits per heavy atom. The maximum absolute atomic E-state index is 10.5. The fourth-order valence-electron chi connectivity index (χ4n) is 1.95. The lowest BCUT2D eigenvalue weighted by Crippen LogP contribution is -2.43. The van der Waals surface area contributed by atoms with Crippen molar-refractivity contribution in [1.29, 1.82) is 0 Å². The van der Waals surface area contributed by atoms with E-state index in [0.29, 0.717) is 11.5 Å². The van der Waals surface area contributed by atoms with Crippen LogP contribution in [0, 0.1) is 0 Å².